The molecule has 2 aromatic heterocycles. The van der Waals surface area contributed by atoms with Crippen molar-refractivity contribution in [1.82, 2.24) is 9.97 Å². The second kappa shape index (κ2) is 12.4. The van der Waals surface area contributed by atoms with E-state index in [1.807, 2.05) is 42.6 Å². The number of fused-ring (bicyclic) bond motifs is 2. The van der Waals surface area contributed by atoms with E-state index in [-0.39, 0.29) is 31.9 Å². The molecule has 6 aromatic rings. The van der Waals surface area contributed by atoms with E-state index in [9.17, 15) is 0 Å². The fourth-order valence-corrected chi connectivity index (χ4v) is 6.43. The summed E-state index contributed by atoms with van der Waals surface area (Å²) in [6.07, 6.45) is 1.83. The van der Waals surface area contributed by atoms with Crippen LogP contribution in [0.1, 0.15) is 75.1 Å². The van der Waals surface area contributed by atoms with Crippen LogP contribution >= 0.6 is 0 Å². The quantitative estimate of drug-likeness (QED) is 0.167. The molecule has 1 aliphatic rings. The molecule has 0 unspecified atom stereocenters. The van der Waals surface area contributed by atoms with Crippen LogP contribution in [0.15, 0.2) is 121 Å². The van der Waals surface area contributed by atoms with E-state index in [0.717, 1.165) is 56.4 Å². The minimum Gasteiger partial charge on any atom is -0.457 e. The first-order valence-electron chi connectivity index (χ1n) is 15.9. The second-order valence-electron chi connectivity index (χ2n) is 14.2. The molecule has 0 saturated heterocycles. The second-order valence-corrected chi connectivity index (χ2v) is 14.2. The molecule has 1 aliphatic heterocycles. The molecule has 0 spiro atoms. The maximum Gasteiger partial charge on any atom is 2.00 e. The molecule has 0 amide bonds. The van der Waals surface area contributed by atoms with Crippen LogP contribution in [-0.4, -0.2) is 9.97 Å². The van der Waals surface area contributed by atoms with Gasteiger partial charge in [0, 0.05) is 23.0 Å². The van der Waals surface area contributed by atoms with Gasteiger partial charge in [0.15, 0.2) is 0 Å². The maximum atomic E-state index is 6.78. The van der Waals surface area contributed by atoms with Crippen molar-refractivity contribution < 1.29 is 25.8 Å². The van der Waals surface area contributed by atoms with E-state index in [0.29, 0.717) is 0 Å². The van der Waals surface area contributed by atoms with Crippen LogP contribution in [0.2, 0.25) is 0 Å². The zero-order valence-electron chi connectivity index (χ0n) is 27.7. The Kier molecular flexibility index (Phi) is 8.57. The number of hydrogen-bond donors (Lipinski definition) is 0. The molecule has 4 aromatic carbocycles. The van der Waals surface area contributed by atoms with Crippen LogP contribution in [0, 0.1) is 12.1 Å². The molecule has 7 rings (SSSR count). The standard InChI is InChI=1S/C43H38N2O.Pt/c1-41(2,3)31-21-23-38-34(27-31)43(35-28-32(42(4,5)6)22-24-39(35)46-38,33-17-12-16-30(26-33)36-18-10-11-25-44-36)40-20-13-19-37(45-40)29-14-8-7-9-15-29;/h7-14,16-25,27-28H,1-6H3;/q-2;+2. The van der Waals surface area contributed by atoms with Gasteiger partial charge < -0.3 is 9.72 Å². The SMILES string of the molecule is CC(C)(C)c1ccc2c(c1)C(c1[c-]c(-c3ccccn3)ccc1)(c1cccc(-c3[c-]cccc3)n1)c1cc(C(C)(C)C)ccc1O2.[Pt+2]. The van der Waals surface area contributed by atoms with Crippen LogP contribution in [0.25, 0.3) is 22.5 Å². The number of hydrogen-bond acceptors (Lipinski definition) is 3. The Morgan fingerprint density at radius 2 is 1.23 bits per heavy atom. The Labute approximate surface area is 293 Å². The third-order valence-electron chi connectivity index (χ3n) is 8.98. The molecule has 0 N–H and O–H groups in total. The first kappa shape index (κ1) is 32.6. The normalized spacial score (nSPS) is 13.5. The van der Waals surface area contributed by atoms with Gasteiger partial charge in [-0.25, -0.2) is 0 Å². The molecular weight excluding hydrogens is 756 g/mol. The summed E-state index contributed by atoms with van der Waals surface area (Å²) in [7, 11) is 0. The summed E-state index contributed by atoms with van der Waals surface area (Å²) >= 11 is 0. The molecule has 236 valence electrons. The van der Waals surface area contributed by atoms with Crippen LogP contribution in [0.3, 0.4) is 0 Å². The largest absolute Gasteiger partial charge is 2.00 e. The number of rotatable bonds is 4. The summed E-state index contributed by atoms with van der Waals surface area (Å²) in [5.41, 5.74) is 9.05. The molecule has 3 nitrogen and oxygen atoms in total. The summed E-state index contributed by atoms with van der Waals surface area (Å²) in [6.45, 7) is 13.5. The Bertz CT molecular complexity index is 1890. The van der Waals surface area contributed by atoms with Gasteiger partial charge in [-0.05, 0) is 69.7 Å². The molecule has 4 heteroatoms. The van der Waals surface area contributed by atoms with Gasteiger partial charge in [0.1, 0.15) is 11.5 Å². The van der Waals surface area contributed by atoms with Gasteiger partial charge in [-0.2, -0.15) is 0 Å². The summed E-state index contributed by atoms with van der Waals surface area (Å²) in [5.74, 6) is 1.64. The summed E-state index contributed by atoms with van der Waals surface area (Å²) < 4.78 is 6.78. The van der Waals surface area contributed by atoms with E-state index < -0.39 is 5.41 Å². The Balaban J connectivity index is 0.00000386. The zero-order valence-corrected chi connectivity index (χ0v) is 29.9. The van der Waals surface area contributed by atoms with Crippen molar-refractivity contribution in [3.05, 3.63) is 167 Å². The van der Waals surface area contributed by atoms with Crippen molar-refractivity contribution in [2.45, 2.75) is 57.8 Å². The van der Waals surface area contributed by atoms with Crippen LogP contribution < -0.4 is 4.74 Å². The van der Waals surface area contributed by atoms with Crippen molar-refractivity contribution >= 4 is 0 Å². The fourth-order valence-electron chi connectivity index (χ4n) is 6.43. The molecule has 47 heavy (non-hydrogen) atoms. The topological polar surface area (TPSA) is 35.0 Å². The van der Waals surface area contributed by atoms with Crippen molar-refractivity contribution in [1.29, 1.82) is 0 Å². The van der Waals surface area contributed by atoms with E-state index in [1.54, 1.807) is 0 Å². The average molecular weight is 794 g/mol. The molecule has 0 saturated carbocycles. The number of benzene rings is 4. The third kappa shape index (κ3) is 5.87. The van der Waals surface area contributed by atoms with Crippen LogP contribution in [0.4, 0.5) is 0 Å². The van der Waals surface area contributed by atoms with Crippen molar-refractivity contribution in [2.75, 3.05) is 0 Å². The minimum absolute atomic E-state index is 0. The summed E-state index contributed by atoms with van der Waals surface area (Å²) in [6, 6.07) is 47.3. The number of nitrogens with zero attached hydrogens (tertiary/aromatic N) is 2. The van der Waals surface area contributed by atoms with Crippen molar-refractivity contribution in [3.8, 4) is 34.0 Å². The van der Waals surface area contributed by atoms with Gasteiger partial charge in [-0.3, -0.25) is 4.98 Å². The van der Waals surface area contributed by atoms with Gasteiger partial charge in [0.2, 0.25) is 0 Å². The Morgan fingerprint density at radius 1 is 0.617 bits per heavy atom. The molecule has 3 heterocycles. The molecule has 0 atom stereocenters. The van der Waals surface area contributed by atoms with Gasteiger partial charge in [0.25, 0.3) is 0 Å². The molecule has 0 aliphatic carbocycles. The first-order chi connectivity index (χ1) is 22.0. The minimum atomic E-state index is -0.846. The van der Waals surface area contributed by atoms with Gasteiger partial charge in [-0.1, -0.05) is 77.9 Å². The van der Waals surface area contributed by atoms with Crippen molar-refractivity contribution in [2.24, 2.45) is 0 Å². The summed E-state index contributed by atoms with van der Waals surface area (Å²) in [4.78, 5) is 10.2. The molecule has 0 fully saturated rings. The Morgan fingerprint density at radius 3 is 1.83 bits per heavy atom. The maximum absolute atomic E-state index is 6.78. The Hall–Kier alpha value is -4.33. The smallest absolute Gasteiger partial charge is 0.457 e. The predicted molar refractivity (Wildman–Crippen MR) is 186 cm³/mol. The predicted octanol–water partition coefficient (Wildman–Crippen LogP) is 10.5. The van der Waals surface area contributed by atoms with Gasteiger partial charge in [0.05, 0.1) is 5.41 Å². The van der Waals surface area contributed by atoms with E-state index in [1.165, 1.54) is 11.1 Å². The average Bonchev–Trinajstić information content (AvgIpc) is 3.07. The summed E-state index contributed by atoms with van der Waals surface area (Å²) in [5, 5.41) is 0. The third-order valence-corrected chi connectivity index (χ3v) is 8.98. The van der Waals surface area contributed by atoms with Crippen molar-refractivity contribution in [3.63, 3.8) is 0 Å². The van der Waals surface area contributed by atoms with E-state index in [2.05, 4.69) is 133 Å². The molecule has 0 bridgehead atoms. The van der Waals surface area contributed by atoms with E-state index in [4.69, 9.17) is 14.7 Å². The van der Waals surface area contributed by atoms with Gasteiger partial charge >= 0.3 is 21.1 Å². The van der Waals surface area contributed by atoms with E-state index >= 15 is 0 Å². The monoisotopic (exact) mass is 793 g/mol. The van der Waals surface area contributed by atoms with Gasteiger partial charge in [-0.15, -0.1) is 71.3 Å². The molecule has 0 radical (unpaired) electrons. The van der Waals surface area contributed by atoms with Crippen LogP contribution in [-0.2, 0) is 37.3 Å². The number of pyridine rings is 2. The number of aromatic nitrogens is 2. The zero-order chi connectivity index (χ0) is 32.1. The first-order valence-corrected chi connectivity index (χ1v) is 15.9. The molecular formula is C43H38N2OPt. The fraction of sp³-hybridized carbons (Fsp3) is 0.209. The van der Waals surface area contributed by atoms with Crippen LogP contribution in [0.5, 0.6) is 11.5 Å². The number of ether oxygens (including phenoxy) is 1.